The number of aromatic nitrogens is 2. The zero-order valence-corrected chi connectivity index (χ0v) is 14.8. The highest BCUT2D eigenvalue weighted by Gasteiger charge is 2.30. The van der Waals surface area contributed by atoms with Gasteiger partial charge in [0.25, 0.3) is 0 Å². The molecule has 1 heterocycles. The number of carbonyl (C=O) groups excluding carboxylic acids is 1. The second-order valence-corrected chi connectivity index (χ2v) is 7.21. The average molecular weight is 322 g/mol. The van der Waals surface area contributed by atoms with Crippen molar-refractivity contribution >= 4 is 6.09 Å². The molecule has 6 heteroatoms. The SMILES string of the molecule is CCCn1ccnc1CNC1CCCC1NC(=O)OC(C)(C)C. The first-order valence-electron chi connectivity index (χ1n) is 8.62. The molecule has 0 aromatic carbocycles. The van der Waals surface area contributed by atoms with E-state index in [4.69, 9.17) is 4.74 Å². The van der Waals surface area contributed by atoms with Crippen LogP contribution in [0.3, 0.4) is 0 Å². The molecule has 1 aromatic rings. The van der Waals surface area contributed by atoms with E-state index in [1.165, 1.54) is 0 Å². The van der Waals surface area contributed by atoms with Crippen molar-refractivity contribution in [2.24, 2.45) is 0 Å². The van der Waals surface area contributed by atoms with Crippen LogP contribution in [0.4, 0.5) is 4.79 Å². The Balaban J connectivity index is 1.84. The maximum absolute atomic E-state index is 12.0. The Labute approximate surface area is 139 Å². The van der Waals surface area contributed by atoms with Crippen LogP contribution in [0.1, 0.15) is 59.2 Å². The molecule has 2 unspecified atom stereocenters. The summed E-state index contributed by atoms with van der Waals surface area (Å²) in [5.74, 6) is 1.05. The predicted molar refractivity (Wildman–Crippen MR) is 90.2 cm³/mol. The lowest BCUT2D eigenvalue weighted by molar-refractivity contribution is 0.0498. The second kappa shape index (κ2) is 7.81. The summed E-state index contributed by atoms with van der Waals surface area (Å²) in [6, 6.07) is 0.397. The molecule has 0 bridgehead atoms. The van der Waals surface area contributed by atoms with E-state index in [0.717, 1.165) is 44.6 Å². The third kappa shape index (κ3) is 5.53. The van der Waals surface area contributed by atoms with Crippen molar-refractivity contribution in [1.29, 1.82) is 0 Å². The molecule has 0 spiro atoms. The summed E-state index contributed by atoms with van der Waals surface area (Å²) in [5.41, 5.74) is -0.462. The summed E-state index contributed by atoms with van der Waals surface area (Å²) in [4.78, 5) is 16.4. The molecule has 23 heavy (non-hydrogen) atoms. The monoisotopic (exact) mass is 322 g/mol. The topological polar surface area (TPSA) is 68.2 Å². The standard InChI is InChI=1S/C17H30N4O2/c1-5-10-21-11-9-18-15(21)12-19-13-7-6-8-14(13)20-16(22)23-17(2,3)4/h9,11,13-14,19H,5-8,10,12H2,1-4H3,(H,20,22). The van der Waals surface area contributed by atoms with Gasteiger partial charge in [0.15, 0.2) is 0 Å². The third-order valence-electron chi connectivity index (χ3n) is 4.01. The largest absolute Gasteiger partial charge is 0.444 e. The number of alkyl carbamates (subject to hydrolysis) is 1. The minimum absolute atomic E-state index is 0.124. The quantitative estimate of drug-likeness (QED) is 0.845. The second-order valence-electron chi connectivity index (χ2n) is 7.21. The van der Waals surface area contributed by atoms with E-state index in [2.05, 4.69) is 27.1 Å². The first-order valence-corrected chi connectivity index (χ1v) is 8.62. The van der Waals surface area contributed by atoms with Crippen LogP contribution in [-0.2, 0) is 17.8 Å². The first-order chi connectivity index (χ1) is 10.9. The Bertz CT molecular complexity index is 507. The number of imidazole rings is 1. The molecule has 0 radical (unpaired) electrons. The van der Waals surface area contributed by atoms with Gasteiger partial charge < -0.3 is 19.9 Å². The Kier molecular flexibility index (Phi) is 6.04. The Morgan fingerprint density at radius 2 is 2.13 bits per heavy atom. The number of hydrogen-bond acceptors (Lipinski definition) is 4. The van der Waals surface area contributed by atoms with Crippen LogP contribution in [-0.4, -0.2) is 33.3 Å². The van der Waals surface area contributed by atoms with Crippen LogP contribution in [0.2, 0.25) is 0 Å². The highest BCUT2D eigenvalue weighted by molar-refractivity contribution is 5.68. The zero-order chi connectivity index (χ0) is 16.9. The number of aryl methyl sites for hydroxylation is 1. The molecule has 1 aliphatic carbocycles. The number of carbonyl (C=O) groups is 1. The lowest BCUT2D eigenvalue weighted by Crippen LogP contribution is -2.48. The fourth-order valence-electron chi connectivity index (χ4n) is 3.01. The molecule has 1 aromatic heterocycles. The summed E-state index contributed by atoms with van der Waals surface area (Å²) in [6.45, 7) is 9.51. The van der Waals surface area contributed by atoms with E-state index in [-0.39, 0.29) is 18.2 Å². The van der Waals surface area contributed by atoms with Gasteiger partial charge in [-0.1, -0.05) is 6.92 Å². The van der Waals surface area contributed by atoms with Crippen molar-refractivity contribution in [2.75, 3.05) is 0 Å². The molecule has 130 valence electrons. The summed E-state index contributed by atoms with van der Waals surface area (Å²) < 4.78 is 7.53. The highest BCUT2D eigenvalue weighted by atomic mass is 16.6. The Morgan fingerprint density at radius 3 is 2.83 bits per heavy atom. The molecule has 1 saturated carbocycles. The van der Waals surface area contributed by atoms with E-state index >= 15 is 0 Å². The van der Waals surface area contributed by atoms with Crippen LogP contribution in [0.5, 0.6) is 0 Å². The molecule has 2 atom stereocenters. The van der Waals surface area contributed by atoms with Gasteiger partial charge >= 0.3 is 6.09 Å². The molecule has 1 aliphatic rings. The maximum Gasteiger partial charge on any atom is 0.407 e. The van der Waals surface area contributed by atoms with Crippen LogP contribution in [0.25, 0.3) is 0 Å². The normalized spacial score (nSPS) is 21.4. The van der Waals surface area contributed by atoms with Gasteiger partial charge in [0.2, 0.25) is 0 Å². The maximum atomic E-state index is 12.0. The van der Waals surface area contributed by atoms with Crippen LogP contribution >= 0.6 is 0 Å². The molecule has 0 saturated heterocycles. The van der Waals surface area contributed by atoms with Crippen molar-refractivity contribution in [1.82, 2.24) is 20.2 Å². The molecular weight excluding hydrogens is 292 g/mol. The number of amides is 1. The van der Waals surface area contributed by atoms with Gasteiger partial charge in [0.1, 0.15) is 11.4 Å². The van der Waals surface area contributed by atoms with Crippen molar-refractivity contribution in [2.45, 2.75) is 84.2 Å². The minimum atomic E-state index is -0.462. The van der Waals surface area contributed by atoms with Crippen LogP contribution in [0, 0.1) is 0 Å². The summed E-state index contributed by atoms with van der Waals surface area (Å²) in [6.07, 6.45) is 7.79. The van der Waals surface area contributed by atoms with Gasteiger partial charge in [0, 0.05) is 31.0 Å². The van der Waals surface area contributed by atoms with Gasteiger partial charge in [-0.05, 0) is 46.5 Å². The fraction of sp³-hybridized carbons (Fsp3) is 0.765. The number of ether oxygens (including phenoxy) is 1. The third-order valence-corrected chi connectivity index (χ3v) is 4.01. The first kappa shape index (κ1) is 17.8. The van der Waals surface area contributed by atoms with E-state index in [9.17, 15) is 4.79 Å². The Morgan fingerprint density at radius 1 is 1.39 bits per heavy atom. The summed E-state index contributed by atoms with van der Waals surface area (Å²) in [5, 5.41) is 6.55. The van der Waals surface area contributed by atoms with Gasteiger partial charge in [-0.2, -0.15) is 0 Å². The smallest absolute Gasteiger partial charge is 0.407 e. The average Bonchev–Trinajstić information content (AvgIpc) is 3.04. The van der Waals surface area contributed by atoms with E-state index in [0.29, 0.717) is 0 Å². The van der Waals surface area contributed by atoms with E-state index in [1.54, 1.807) is 0 Å². The highest BCUT2D eigenvalue weighted by Crippen LogP contribution is 2.20. The molecule has 2 N–H and O–H groups in total. The molecule has 1 amide bonds. The van der Waals surface area contributed by atoms with Crippen molar-refractivity contribution in [3.05, 3.63) is 18.2 Å². The zero-order valence-electron chi connectivity index (χ0n) is 14.8. The minimum Gasteiger partial charge on any atom is -0.444 e. The molecule has 1 fully saturated rings. The molecule has 0 aliphatic heterocycles. The summed E-state index contributed by atoms with van der Waals surface area (Å²) >= 11 is 0. The van der Waals surface area contributed by atoms with Crippen LogP contribution < -0.4 is 10.6 Å². The van der Waals surface area contributed by atoms with E-state index < -0.39 is 5.60 Å². The lowest BCUT2D eigenvalue weighted by atomic mass is 10.1. The van der Waals surface area contributed by atoms with Gasteiger partial charge in [0.05, 0.1) is 6.54 Å². The molecular formula is C17H30N4O2. The Hall–Kier alpha value is -1.56. The number of nitrogens with one attached hydrogen (secondary N) is 2. The van der Waals surface area contributed by atoms with Gasteiger partial charge in [-0.25, -0.2) is 9.78 Å². The fourth-order valence-corrected chi connectivity index (χ4v) is 3.01. The predicted octanol–water partition coefficient (Wildman–Crippen LogP) is 2.83. The number of rotatable bonds is 6. The van der Waals surface area contributed by atoms with Gasteiger partial charge in [-0.3, -0.25) is 0 Å². The molecule has 2 rings (SSSR count). The van der Waals surface area contributed by atoms with Crippen molar-refractivity contribution < 1.29 is 9.53 Å². The summed E-state index contributed by atoms with van der Waals surface area (Å²) in [7, 11) is 0. The number of hydrogen-bond donors (Lipinski definition) is 2. The molecule has 6 nitrogen and oxygen atoms in total. The lowest BCUT2D eigenvalue weighted by Gasteiger charge is -2.25. The van der Waals surface area contributed by atoms with Crippen molar-refractivity contribution in [3.8, 4) is 0 Å². The van der Waals surface area contributed by atoms with E-state index in [1.807, 2.05) is 33.2 Å². The van der Waals surface area contributed by atoms with Gasteiger partial charge in [-0.15, -0.1) is 0 Å². The van der Waals surface area contributed by atoms with Crippen molar-refractivity contribution in [3.63, 3.8) is 0 Å². The van der Waals surface area contributed by atoms with Crippen LogP contribution in [0.15, 0.2) is 12.4 Å². The number of nitrogens with zero attached hydrogens (tertiary/aromatic N) is 2.